The number of furan rings is 1. The minimum atomic E-state index is -1.13. The summed E-state index contributed by atoms with van der Waals surface area (Å²) in [5.41, 5.74) is 4.64. The first kappa shape index (κ1) is 20.7. The fourth-order valence-corrected chi connectivity index (χ4v) is 5.45. The molecule has 32 heavy (non-hydrogen) atoms. The van der Waals surface area contributed by atoms with Crippen LogP contribution in [0.3, 0.4) is 0 Å². The molecule has 3 heterocycles. The molecule has 0 radical (unpaired) electrons. The number of thiophene rings is 1. The molecule has 1 aromatic carbocycles. The molecule has 6 nitrogen and oxygen atoms in total. The van der Waals surface area contributed by atoms with E-state index in [1.165, 1.54) is 41.4 Å². The van der Waals surface area contributed by atoms with Crippen LogP contribution in [0.15, 0.2) is 44.9 Å². The standard InChI is InChI=1S/C25H24N2O4S/c1-2-5-21-26-23-22(24(28)27(21)13-18-10-11-20(31-18)25(29)30)19(14-32-23)17-9-8-15-6-3-4-7-16(15)12-17/h8-12,14H,2-7,13H2,1H3,(H,29,30). The van der Waals surface area contributed by atoms with Crippen LogP contribution >= 0.6 is 11.3 Å². The first-order valence-electron chi connectivity index (χ1n) is 11.0. The highest BCUT2D eigenvalue weighted by molar-refractivity contribution is 7.17. The summed E-state index contributed by atoms with van der Waals surface area (Å²) in [6, 6.07) is 9.55. The van der Waals surface area contributed by atoms with Gasteiger partial charge in [-0.25, -0.2) is 9.78 Å². The largest absolute Gasteiger partial charge is 0.475 e. The molecule has 0 unspecified atom stereocenters. The number of carboxylic acids is 1. The zero-order chi connectivity index (χ0) is 22.2. The van der Waals surface area contributed by atoms with E-state index >= 15 is 0 Å². The molecule has 0 atom stereocenters. The number of carboxylic acid groups (broad SMARTS) is 1. The second-order valence-corrected chi connectivity index (χ2v) is 9.12. The second-order valence-electron chi connectivity index (χ2n) is 8.26. The molecule has 1 aliphatic carbocycles. The number of benzene rings is 1. The van der Waals surface area contributed by atoms with Gasteiger partial charge >= 0.3 is 5.97 Å². The fraction of sp³-hybridized carbons (Fsp3) is 0.320. The molecular weight excluding hydrogens is 424 g/mol. The summed E-state index contributed by atoms with van der Waals surface area (Å²) in [7, 11) is 0. The van der Waals surface area contributed by atoms with Crippen molar-refractivity contribution >= 4 is 27.5 Å². The summed E-state index contributed by atoms with van der Waals surface area (Å²) >= 11 is 1.50. The SMILES string of the molecule is CCCc1nc2scc(-c3ccc4c(c3)CCCC4)c2c(=O)n1Cc1ccc(C(=O)O)o1. The number of rotatable bonds is 6. The van der Waals surface area contributed by atoms with Gasteiger partial charge in [-0.2, -0.15) is 0 Å². The van der Waals surface area contributed by atoms with Crippen LogP contribution in [0, 0.1) is 0 Å². The minimum Gasteiger partial charge on any atom is -0.475 e. The Kier molecular flexibility index (Phi) is 5.43. The average molecular weight is 449 g/mol. The Morgan fingerprint density at radius 2 is 2.00 bits per heavy atom. The second kappa shape index (κ2) is 8.39. The first-order valence-corrected chi connectivity index (χ1v) is 11.9. The van der Waals surface area contributed by atoms with E-state index in [1.54, 1.807) is 10.6 Å². The van der Waals surface area contributed by atoms with E-state index in [1.807, 2.05) is 12.3 Å². The summed E-state index contributed by atoms with van der Waals surface area (Å²) in [4.78, 5) is 30.4. The summed E-state index contributed by atoms with van der Waals surface area (Å²) in [6.45, 7) is 2.20. The van der Waals surface area contributed by atoms with E-state index in [2.05, 4.69) is 18.2 Å². The van der Waals surface area contributed by atoms with E-state index in [9.17, 15) is 9.59 Å². The van der Waals surface area contributed by atoms with Gasteiger partial charge in [0.25, 0.3) is 5.56 Å². The van der Waals surface area contributed by atoms with Crippen LogP contribution in [-0.2, 0) is 25.8 Å². The molecule has 1 aliphatic rings. The number of hydrogen-bond donors (Lipinski definition) is 1. The van der Waals surface area contributed by atoms with E-state index in [4.69, 9.17) is 14.5 Å². The van der Waals surface area contributed by atoms with Gasteiger partial charge in [0.1, 0.15) is 16.4 Å². The normalized spacial score (nSPS) is 13.4. The Balaban J connectivity index is 1.63. The van der Waals surface area contributed by atoms with Gasteiger partial charge in [0.2, 0.25) is 5.76 Å². The summed E-state index contributed by atoms with van der Waals surface area (Å²) in [6.07, 6.45) is 6.15. The van der Waals surface area contributed by atoms with E-state index in [0.717, 1.165) is 35.2 Å². The summed E-state index contributed by atoms with van der Waals surface area (Å²) < 4.78 is 7.05. The molecule has 0 amide bonds. The van der Waals surface area contributed by atoms with Gasteiger partial charge in [-0.15, -0.1) is 11.3 Å². The van der Waals surface area contributed by atoms with E-state index in [-0.39, 0.29) is 17.9 Å². The van der Waals surface area contributed by atoms with Crippen molar-refractivity contribution in [3.05, 3.63) is 74.5 Å². The average Bonchev–Trinajstić information content (AvgIpc) is 3.44. The van der Waals surface area contributed by atoms with E-state index < -0.39 is 5.97 Å². The third-order valence-corrected chi connectivity index (χ3v) is 6.96. The van der Waals surface area contributed by atoms with Gasteiger partial charge in [-0.1, -0.05) is 25.1 Å². The lowest BCUT2D eigenvalue weighted by atomic mass is 9.89. The zero-order valence-corrected chi connectivity index (χ0v) is 18.7. The van der Waals surface area contributed by atoms with Gasteiger partial charge in [0.05, 0.1) is 11.9 Å². The van der Waals surface area contributed by atoms with Crippen LogP contribution in [0.25, 0.3) is 21.3 Å². The van der Waals surface area contributed by atoms with E-state index in [0.29, 0.717) is 23.4 Å². The molecule has 0 spiro atoms. The van der Waals surface area contributed by atoms with Gasteiger partial charge in [0.15, 0.2) is 0 Å². The first-order chi connectivity index (χ1) is 15.5. The van der Waals surface area contributed by atoms with Crippen molar-refractivity contribution in [1.82, 2.24) is 9.55 Å². The Morgan fingerprint density at radius 1 is 1.19 bits per heavy atom. The highest BCUT2D eigenvalue weighted by Gasteiger charge is 2.19. The molecule has 0 fully saturated rings. The van der Waals surface area contributed by atoms with Crippen molar-refractivity contribution in [2.24, 2.45) is 0 Å². The number of aromatic carboxylic acids is 1. The molecule has 0 aliphatic heterocycles. The van der Waals surface area contributed by atoms with Gasteiger partial charge < -0.3 is 9.52 Å². The molecule has 0 saturated heterocycles. The highest BCUT2D eigenvalue weighted by Crippen LogP contribution is 2.34. The van der Waals surface area contributed by atoms with Crippen molar-refractivity contribution in [3.8, 4) is 11.1 Å². The lowest BCUT2D eigenvalue weighted by Crippen LogP contribution is -2.25. The highest BCUT2D eigenvalue weighted by atomic mass is 32.1. The number of fused-ring (bicyclic) bond motifs is 2. The molecule has 4 aromatic rings. The predicted octanol–water partition coefficient (Wildman–Crippen LogP) is 5.30. The number of nitrogens with zero attached hydrogens (tertiary/aromatic N) is 2. The molecule has 1 N–H and O–H groups in total. The van der Waals surface area contributed by atoms with Gasteiger partial charge in [0, 0.05) is 17.4 Å². The number of hydrogen-bond acceptors (Lipinski definition) is 5. The Labute approximate surface area is 189 Å². The Hall–Kier alpha value is -3.19. The maximum atomic E-state index is 13.7. The van der Waals surface area contributed by atoms with Crippen LogP contribution in [0.5, 0.6) is 0 Å². The van der Waals surface area contributed by atoms with Crippen molar-refractivity contribution in [3.63, 3.8) is 0 Å². The molecule has 5 rings (SSSR count). The Bertz CT molecular complexity index is 1380. The van der Waals surface area contributed by atoms with Crippen molar-refractivity contribution in [2.75, 3.05) is 0 Å². The zero-order valence-electron chi connectivity index (χ0n) is 17.9. The van der Waals surface area contributed by atoms with Crippen LogP contribution < -0.4 is 5.56 Å². The van der Waals surface area contributed by atoms with Crippen LogP contribution in [0.2, 0.25) is 0 Å². The molecule has 3 aromatic heterocycles. The number of aryl methyl sites for hydroxylation is 3. The quantitative estimate of drug-likeness (QED) is 0.433. The van der Waals surface area contributed by atoms with Gasteiger partial charge in [-0.05, 0) is 60.9 Å². The molecule has 164 valence electrons. The monoisotopic (exact) mass is 448 g/mol. The van der Waals surface area contributed by atoms with Crippen LogP contribution in [-0.4, -0.2) is 20.6 Å². The van der Waals surface area contributed by atoms with Crippen molar-refractivity contribution in [2.45, 2.75) is 52.0 Å². The van der Waals surface area contributed by atoms with Gasteiger partial charge in [-0.3, -0.25) is 9.36 Å². The smallest absolute Gasteiger partial charge is 0.371 e. The minimum absolute atomic E-state index is 0.110. The number of aromatic nitrogens is 2. The van der Waals surface area contributed by atoms with Crippen LogP contribution in [0.4, 0.5) is 0 Å². The molecular formula is C25H24N2O4S. The third-order valence-electron chi connectivity index (χ3n) is 6.09. The summed E-state index contributed by atoms with van der Waals surface area (Å²) in [5, 5.41) is 11.8. The molecule has 0 bridgehead atoms. The summed E-state index contributed by atoms with van der Waals surface area (Å²) in [5.74, 6) is -0.145. The maximum absolute atomic E-state index is 13.7. The number of carbonyl (C=O) groups is 1. The predicted molar refractivity (Wildman–Crippen MR) is 125 cm³/mol. The molecule has 7 heteroatoms. The Morgan fingerprint density at radius 3 is 2.75 bits per heavy atom. The van der Waals surface area contributed by atoms with Crippen LogP contribution in [0.1, 0.15) is 59.5 Å². The van der Waals surface area contributed by atoms with Crippen molar-refractivity contribution < 1.29 is 14.3 Å². The maximum Gasteiger partial charge on any atom is 0.371 e. The third kappa shape index (κ3) is 3.66. The fourth-order valence-electron chi connectivity index (χ4n) is 4.49. The lowest BCUT2D eigenvalue weighted by Gasteiger charge is -2.16. The lowest BCUT2D eigenvalue weighted by molar-refractivity contribution is 0.0660. The topological polar surface area (TPSA) is 85.3 Å². The molecule has 0 saturated carbocycles. The van der Waals surface area contributed by atoms with Crippen molar-refractivity contribution in [1.29, 1.82) is 0 Å².